The summed E-state index contributed by atoms with van der Waals surface area (Å²) in [5, 5.41) is 18.3. The van der Waals surface area contributed by atoms with Gasteiger partial charge in [-0.15, -0.1) is 0 Å². The molecular formula is C40H46N2O10. The predicted octanol–water partition coefficient (Wildman–Crippen LogP) is 6.34. The molecule has 2 aliphatic heterocycles. The highest BCUT2D eigenvalue weighted by Gasteiger charge is 2.51. The first kappa shape index (κ1) is 38.5. The van der Waals surface area contributed by atoms with Crippen LogP contribution in [0.15, 0.2) is 83.5 Å². The van der Waals surface area contributed by atoms with Gasteiger partial charge in [0.15, 0.2) is 0 Å². The molecule has 2 fully saturated rings. The summed E-state index contributed by atoms with van der Waals surface area (Å²) < 4.78 is 33.3. The molecular weight excluding hydrogens is 668 g/mol. The predicted molar refractivity (Wildman–Crippen MR) is 194 cm³/mol. The molecule has 3 aromatic carbocycles. The van der Waals surface area contributed by atoms with Crippen molar-refractivity contribution >= 4 is 24.4 Å². The van der Waals surface area contributed by atoms with Crippen molar-refractivity contribution < 1.29 is 48.2 Å². The zero-order chi connectivity index (χ0) is 36.9. The molecule has 0 bridgehead atoms. The molecule has 0 amide bonds. The summed E-state index contributed by atoms with van der Waals surface area (Å²) in [4.78, 5) is 28.8. The molecule has 12 nitrogen and oxygen atoms in total. The topological polar surface area (TPSA) is 144 Å². The van der Waals surface area contributed by atoms with Crippen LogP contribution in [0.2, 0.25) is 0 Å². The Morgan fingerprint density at radius 2 is 1.50 bits per heavy atom. The quantitative estimate of drug-likeness (QED) is 0.0302. The minimum atomic E-state index is -0.682. The van der Waals surface area contributed by atoms with E-state index in [0.717, 1.165) is 64.8 Å². The maximum absolute atomic E-state index is 12.8. The zero-order valence-electron chi connectivity index (χ0n) is 29.8. The van der Waals surface area contributed by atoms with Crippen LogP contribution in [-0.4, -0.2) is 81.5 Å². The van der Waals surface area contributed by atoms with Crippen LogP contribution in [0.3, 0.4) is 0 Å². The van der Waals surface area contributed by atoms with Crippen LogP contribution in [0.25, 0.3) is 0 Å². The van der Waals surface area contributed by atoms with Gasteiger partial charge in [-0.1, -0.05) is 30.8 Å². The van der Waals surface area contributed by atoms with Crippen molar-refractivity contribution in [3.63, 3.8) is 0 Å². The van der Waals surface area contributed by atoms with E-state index in [4.69, 9.17) is 33.3 Å². The normalized spacial score (nSPS) is 20.2. The fourth-order valence-corrected chi connectivity index (χ4v) is 6.38. The SMILES string of the molecule is C=CC(=O)OCCCCCCOc1ccc(C(OO)c2c(C)cc(C=NN=Cc3ccc(OC(=O)C4COC5C(OC)COC45)cc3)cc2C)cc1. The molecule has 2 aliphatic rings. The van der Waals surface area contributed by atoms with Crippen molar-refractivity contribution in [3.8, 4) is 11.5 Å². The maximum atomic E-state index is 12.8. The molecule has 2 saturated heterocycles. The van der Waals surface area contributed by atoms with E-state index in [9.17, 15) is 14.8 Å². The van der Waals surface area contributed by atoms with Crippen LogP contribution in [0.1, 0.15) is 65.2 Å². The third-order valence-electron chi connectivity index (χ3n) is 9.08. The van der Waals surface area contributed by atoms with Gasteiger partial charge in [-0.2, -0.15) is 10.2 Å². The molecule has 12 heteroatoms. The van der Waals surface area contributed by atoms with E-state index in [2.05, 4.69) is 16.8 Å². The van der Waals surface area contributed by atoms with Gasteiger partial charge in [0.2, 0.25) is 0 Å². The molecule has 5 rings (SSSR count). The van der Waals surface area contributed by atoms with Gasteiger partial charge >= 0.3 is 11.9 Å². The second kappa shape index (κ2) is 19.2. The number of methoxy groups -OCH3 is 1. The van der Waals surface area contributed by atoms with Crippen molar-refractivity contribution in [1.29, 1.82) is 0 Å². The third kappa shape index (κ3) is 10.2. The Bertz CT molecular complexity index is 1680. The lowest BCUT2D eigenvalue weighted by Gasteiger charge is -2.20. The van der Waals surface area contributed by atoms with Crippen LogP contribution < -0.4 is 9.47 Å². The van der Waals surface area contributed by atoms with E-state index in [0.29, 0.717) is 25.6 Å². The molecule has 3 aromatic rings. The summed E-state index contributed by atoms with van der Waals surface area (Å²) in [6.45, 7) is 8.90. The van der Waals surface area contributed by atoms with Gasteiger partial charge in [0.1, 0.15) is 41.8 Å². The Kier molecular flexibility index (Phi) is 14.2. The lowest BCUT2D eigenvalue weighted by Crippen LogP contribution is -2.34. The molecule has 0 aromatic heterocycles. The van der Waals surface area contributed by atoms with Crippen molar-refractivity contribution in [3.05, 3.63) is 107 Å². The Balaban J connectivity index is 1.09. The largest absolute Gasteiger partial charge is 0.494 e. The van der Waals surface area contributed by atoms with Gasteiger partial charge in [-0.25, -0.2) is 9.68 Å². The minimum absolute atomic E-state index is 0.177. The number of rotatable bonds is 18. The number of ether oxygens (including phenoxy) is 6. The zero-order valence-corrected chi connectivity index (χ0v) is 29.8. The van der Waals surface area contributed by atoms with Crippen LogP contribution >= 0.6 is 0 Å². The summed E-state index contributed by atoms with van der Waals surface area (Å²) in [5.41, 5.74) is 5.11. The Morgan fingerprint density at radius 1 is 0.865 bits per heavy atom. The number of hydrogen-bond acceptors (Lipinski definition) is 12. The summed E-state index contributed by atoms with van der Waals surface area (Å²) in [7, 11) is 1.60. The van der Waals surface area contributed by atoms with Gasteiger partial charge in [-0.3, -0.25) is 10.1 Å². The highest BCUT2D eigenvalue weighted by Crippen LogP contribution is 2.34. The number of nitrogens with zero attached hydrogens (tertiary/aromatic N) is 2. The lowest BCUT2D eigenvalue weighted by atomic mass is 9.92. The highest BCUT2D eigenvalue weighted by molar-refractivity contribution is 5.84. The van der Waals surface area contributed by atoms with Gasteiger partial charge in [0.05, 0.1) is 38.9 Å². The number of hydrogen-bond donors (Lipinski definition) is 1. The Labute approximate surface area is 303 Å². The van der Waals surface area contributed by atoms with E-state index in [1.807, 2.05) is 50.2 Å². The highest BCUT2D eigenvalue weighted by atomic mass is 17.1. The summed E-state index contributed by atoms with van der Waals surface area (Å²) in [5.74, 6) is -0.142. The number of unbranched alkanes of at least 4 members (excludes halogenated alkanes) is 3. The van der Waals surface area contributed by atoms with Gasteiger partial charge < -0.3 is 28.4 Å². The first-order valence-corrected chi connectivity index (χ1v) is 17.4. The number of esters is 2. The van der Waals surface area contributed by atoms with E-state index >= 15 is 0 Å². The molecule has 52 heavy (non-hydrogen) atoms. The number of carbonyl (C=O) groups is 2. The standard InChI is InChI=1S/C40H46N2O10/c1-5-35(43)48-19-9-7-6-8-18-47-31-16-12-30(13-17-31)37(52-45)36-26(2)20-29(21-27(36)3)23-42-41-22-28-10-14-32(15-11-28)51-40(44)33-24-49-39-34(46-4)25-50-38(33)39/h5,10-17,20-23,33-34,37-39,45H,1,6-9,18-19,24-25H2,2-4H3. The summed E-state index contributed by atoms with van der Waals surface area (Å²) in [6.07, 6.45) is 6.56. The fraction of sp³-hybridized carbons (Fsp3) is 0.400. The molecule has 276 valence electrons. The maximum Gasteiger partial charge on any atom is 0.330 e. The van der Waals surface area contributed by atoms with E-state index in [-0.39, 0.29) is 24.9 Å². The second-order valence-corrected chi connectivity index (χ2v) is 12.7. The average molecular weight is 715 g/mol. The van der Waals surface area contributed by atoms with Crippen molar-refractivity contribution in [1.82, 2.24) is 0 Å². The monoisotopic (exact) mass is 714 g/mol. The van der Waals surface area contributed by atoms with Crippen LogP contribution in [0.4, 0.5) is 0 Å². The molecule has 5 unspecified atom stereocenters. The number of fused-ring (bicyclic) bond motifs is 1. The molecule has 0 aliphatic carbocycles. The van der Waals surface area contributed by atoms with Crippen LogP contribution in [-0.2, 0) is 33.4 Å². The first-order chi connectivity index (χ1) is 25.3. The van der Waals surface area contributed by atoms with Crippen LogP contribution in [0, 0.1) is 19.8 Å². The van der Waals surface area contributed by atoms with Gasteiger partial charge in [0.25, 0.3) is 0 Å². The Hall–Kier alpha value is -4.72. The molecule has 0 saturated carbocycles. The summed E-state index contributed by atoms with van der Waals surface area (Å²) >= 11 is 0. The molecule has 0 spiro atoms. The lowest BCUT2D eigenvalue weighted by molar-refractivity contribution is -0.270. The van der Waals surface area contributed by atoms with E-state index in [1.54, 1.807) is 43.8 Å². The summed E-state index contributed by atoms with van der Waals surface area (Å²) in [6, 6.07) is 18.4. The molecule has 2 heterocycles. The van der Waals surface area contributed by atoms with Crippen LogP contribution in [0.5, 0.6) is 11.5 Å². The second-order valence-electron chi connectivity index (χ2n) is 12.7. The fourth-order valence-electron chi connectivity index (χ4n) is 6.38. The van der Waals surface area contributed by atoms with E-state index in [1.165, 1.54) is 6.08 Å². The molecule has 1 N–H and O–H groups in total. The molecule has 5 atom stereocenters. The van der Waals surface area contributed by atoms with Crippen molar-refractivity contribution in [2.45, 2.75) is 63.9 Å². The van der Waals surface area contributed by atoms with Gasteiger partial charge in [-0.05, 0) is 109 Å². The van der Waals surface area contributed by atoms with Crippen molar-refractivity contribution in [2.75, 3.05) is 33.5 Å². The number of carbonyl (C=O) groups excluding carboxylic acids is 2. The van der Waals surface area contributed by atoms with E-state index < -0.39 is 24.0 Å². The van der Waals surface area contributed by atoms with Gasteiger partial charge in [0, 0.05) is 13.2 Å². The third-order valence-corrected chi connectivity index (χ3v) is 9.08. The smallest absolute Gasteiger partial charge is 0.330 e. The number of benzene rings is 3. The molecule has 0 radical (unpaired) electrons. The Morgan fingerprint density at radius 3 is 2.15 bits per heavy atom. The average Bonchev–Trinajstić information content (AvgIpc) is 3.76. The number of aryl methyl sites for hydroxylation is 2. The van der Waals surface area contributed by atoms with Crippen molar-refractivity contribution in [2.24, 2.45) is 16.1 Å². The first-order valence-electron chi connectivity index (χ1n) is 17.4. The minimum Gasteiger partial charge on any atom is -0.494 e.